The molecule has 2 aliphatic rings. The molecule has 4 heteroatoms. The second kappa shape index (κ2) is 3.61. The Kier molecular flexibility index (Phi) is 2.23. The van der Waals surface area contributed by atoms with Gasteiger partial charge in [0.05, 0.1) is 12.6 Å². The van der Waals surface area contributed by atoms with Crippen LogP contribution >= 0.6 is 11.6 Å². The molecule has 16 heavy (non-hydrogen) atoms. The van der Waals surface area contributed by atoms with E-state index in [4.69, 9.17) is 16.3 Å². The van der Waals surface area contributed by atoms with Gasteiger partial charge in [-0.2, -0.15) is 0 Å². The quantitative estimate of drug-likeness (QED) is 0.746. The minimum absolute atomic E-state index is 0.0220. The Hall–Kier alpha value is -1.32. The van der Waals surface area contributed by atoms with Crippen LogP contribution in [0.2, 0.25) is 0 Å². The molecule has 1 fully saturated rings. The smallest absolute Gasteiger partial charge is 0.268 e. The fourth-order valence-electron chi connectivity index (χ4n) is 2.17. The minimum Gasteiger partial charge on any atom is -0.352 e. The van der Waals surface area contributed by atoms with Gasteiger partial charge in [-0.25, -0.2) is 0 Å². The summed E-state index contributed by atoms with van der Waals surface area (Å²) in [5, 5.41) is 0.255. The zero-order chi connectivity index (χ0) is 11.1. The molecular formula is C12H10ClNO2. The average Bonchev–Trinajstić information content (AvgIpc) is 2.83. The van der Waals surface area contributed by atoms with E-state index in [1.807, 2.05) is 30.3 Å². The van der Waals surface area contributed by atoms with Crippen molar-refractivity contribution in [2.75, 3.05) is 6.61 Å². The van der Waals surface area contributed by atoms with Gasteiger partial charge in [-0.3, -0.25) is 9.69 Å². The molecule has 1 amide bonds. The average molecular weight is 236 g/mol. The molecular weight excluding hydrogens is 226 g/mol. The van der Waals surface area contributed by atoms with Crippen molar-refractivity contribution in [1.29, 1.82) is 0 Å². The van der Waals surface area contributed by atoms with Crippen molar-refractivity contribution >= 4 is 17.5 Å². The van der Waals surface area contributed by atoms with Crippen molar-refractivity contribution in [2.45, 2.75) is 12.3 Å². The third-order valence-electron chi connectivity index (χ3n) is 2.95. The maximum absolute atomic E-state index is 11.8. The lowest BCUT2D eigenvalue weighted by Crippen LogP contribution is -2.32. The van der Waals surface area contributed by atoms with Crippen LogP contribution in [0.5, 0.6) is 0 Å². The Balaban J connectivity index is 1.93. The molecule has 2 heterocycles. The van der Waals surface area contributed by atoms with Crippen LogP contribution in [0.25, 0.3) is 0 Å². The molecule has 0 unspecified atom stereocenters. The Morgan fingerprint density at radius 2 is 2.06 bits per heavy atom. The number of hydrogen-bond donors (Lipinski definition) is 0. The molecule has 2 aliphatic heterocycles. The SMILES string of the molecule is O=C1C(Cl)=C[C@H]2OC[C@H](c3ccccc3)N12. The highest BCUT2D eigenvalue weighted by molar-refractivity contribution is 6.42. The number of hydrogen-bond acceptors (Lipinski definition) is 2. The predicted molar refractivity (Wildman–Crippen MR) is 59.7 cm³/mol. The van der Waals surface area contributed by atoms with E-state index in [1.54, 1.807) is 11.0 Å². The van der Waals surface area contributed by atoms with Gasteiger partial charge in [0.2, 0.25) is 0 Å². The minimum atomic E-state index is -0.287. The molecule has 2 atom stereocenters. The lowest BCUT2D eigenvalue weighted by atomic mass is 10.1. The monoisotopic (exact) mass is 235 g/mol. The normalized spacial score (nSPS) is 28.2. The highest BCUT2D eigenvalue weighted by Crippen LogP contribution is 2.36. The number of nitrogens with zero attached hydrogens (tertiary/aromatic N) is 1. The first-order valence-corrected chi connectivity index (χ1v) is 5.52. The van der Waals surface area contributed by atoms with Crippen LogP contribution in [-0.4, -0.2) is 23.6 Å². The molecule has 3 rings (SSSR count). The number of carbonyl (C=O) groups is 1. The highest BCUT2D eigenvalue weighted by atomic mass is 35.5. The summed E-state index contributed by atoms with van der Waals surface area (Å²) in [6, 6.07) is 9.84. The molecule has 0 bridgehead atoms. The third-order valence-corrected chi connectivity index (χ3v) is 3.23. The lowest BCUT2D eigenvalue weighted by Gasteiger charge is -2.22. The summed E-state index contributed by atoms with van der Waals surface area (Å²) >= 11 is 5.81. The summed E-state index contributed by atoms with van der Waals surface area (Å²) < 4.78 is 5.53. The van der Waals surface area contributed by atoms with E-state index in [9.17, 15) is 4.79 Å². The first kappa shape index (κ1) is 9.87. The second-order valence-corrected chi connectivity index (χ2v) is 4.28. The van der Waals surface area contributed by atoms with E-state index >= 15 is 0 Å². The number of rotatable bonds is 1. The zero-order valence-electron chi connectivity index (χ0n) is 8.47. The summed E-state index contributed by atoms with van der Waals surface area (Å²) in [7, 11) is 0. The fraction of sp³-hybridized carbons (Fsp3) is 0.250. The largest absolute Gasteiger partial charge is 0.352 e. The van der Waals surface area contributed by atoms with Crippen molar-refractivity contribution in [3.05, 3.63) is 47.0 Å². The Morgan fingerprint density at radius 1 is 1.31 bits per heavy atom. The molecule has 1 aromatic carbocycles. The Labute approximate surface area is 98.3 Å². The van der Waals surface area contributed by atoms with Gasteiger partial charge in [0.1, 0.15) is 5.03 Å². The van der Waals surface area contributed by atoms with Gasteiger partial charge < -0.3 is 4.74 Å². The number of fused-ring (bicyclic) bond motifs is 1. The van der Waals surface area contributed by atoms with Crippen LogP contribution in [0.4, 0.5) is 0 Å². The topological polar surface area (TPSA) is 29.5 Å². The highest BCUT2D eigenvalue weighted by Gasteiger charge is 2.43. The molecule has 0 aromatic heterocycles. The standard InChI is InChI=1S/C12H10ClNO2/c13-9-6-11-14(12(9)15)10(7-16-11)8-4-2-1-3-5-8/h1-6,10-11H,7H2/t10-,11-/m1/s1. The fourth-order valence-corrected chi connectivity index (χ4v) is 2.37. The van der Waals surface area contributed by atoms with Crippen molar-refractivity contribution in [1.82, 2.24) is 4.90 Å². The Bertz CT molecular complexity index is 457. The maximum Gasteiger partial charge on any atom is 0.268 e. The van der Waals surface area contributed by atoms with Crippen molar-refractivity contribution < 1.29 is 9.53 Å². The van der Waals surface area contributed by atoms with Crippen LogP contribution in [0.3, 0.4) is 0 Å². The van der Waals surface area contributed by atoms with Gasteiger partial charge in [0.25, 0.3) is 5.91 Å². The van der Waals surface area contributed by atoms with E-state index in [0.29, 0.717) is 6.61 Å². The van der Waals surface area contributed by atoms with Gasteiger partial charge in [-0.15, -0.1) is 0 Å². The van der Waals surface area contributed by atoms with Crippen molar-refractivity contribution in [3.63, 3.8) is 0 Å². The van der Waals surface area contributed by atoms with Crippen molar-refractivity contribution in [3.8, 4) is 0 Å². The molecule has 1 aromatic rings. The number of ether oxygens (including phenoxy) is 1. The number of benzene rings is 1. The van der Waals surface area contributed by atoms with Gasteiger partial charge in [0, 0.05) is 0 Å². The molecule has 0 radical (unpaired) electrons. The molecule has 0 spiro atoms. The molecule has 1 saturated heterocycles. The number of halogens is 1. The summed E-state index contributed by atoms with van der Waals surface area (Å²) in [6.45, 7) is 0.529. The summed E-state index contributed by atoms with van der Waals surface area (Å²) in [4.78, 5) is 13.5. The van der Waals surface area contributed by atoms with E-state index in [-0.39, 0.29) is 23.2 Å². The van der Waals surface area contributed by atoms with Crippen LogP contribution in [0, 0.1) is 0 Å². The van der Waals surface area contributed by atoms with Gasteiger partial charge in [0.15, 0.2) is 6.23 Å². The van der Waals surface area contributed by atoms with E-state index in [2.05, 4.69) is 0 Å². The van der Waals surface area contributed by atoms with Gasteiger partial charge in [-0.05, 0) is 11.6 Å². The maximum atomic E-state index is 11.8. The van der Waals surface area contributed by atoms with E-state index < -0.39 is 0 Å². The van der Waals surface area contributed by atoms with Crippen LogP contribution in [-0.2, 0) is 9.53 Å². The predicted octanol–water partition coefficient (Wildman–Crippen LogP) is 2.05. The van der Waals surface area contributed by atoms with Crippen LogP contribution < -0.4 is 0 Å². The molecule has 82 valence electrons. The first-order chi connectivity index (χ1) is 7.77. The van der Waals surface area contributed by atoms with Crippen LogP contribution in [0.15, 0.2) is 41.4 Å². The first-order valence-electron chi connectivity index (χ1n) is 5.14. The number of amides is 1. The molecule has 3 nitrogen and oxygen atoms in total. The second-order valence-electron chi connectivity index (χ2n) is 3.88. The zero-order valence-corrected chi connectivity index (χ0v) is 9.22. The summed E-state index contributed by atoms with van der Waals surface area (Å²) in [5.41, 5.74) is 1.08. The van der Waals surface area contributed by atoms with E-state index in [0.717, 1.165) is 5.56 Å². The third kappa shape index (κ3) is 1.36. The van der Waals surface area contributed by atoms with E-state index in [1.165, 1.54) is 0 Å². The van der Waals surface area contributed by atoms with Crippen LogP contribution in [0.1, 0.15) is 11.6 Å². The molecule has 0 saturated carbocycles. The van der Waals surface area contributed by atoms with Gasteiger partial charge >= 0.3 is 0 Å². The van der Waals surface area contributed by atoms with Crippen molar-refractivity contribution in [2.24, 2.45) is 0 Å². The summed E-state index contributed by atoms with van der Waals surface area (Å²) in [5.74, 6) is -0.141. The van der Waals surface area contributed by atoms with Gasteiger partial charge in [-0.1, -0.05) is 41.9 Å². The molecule has 0 N–H and O–H groups in total. The molecule has 0 aliphatic carbocycles. The number of carbonyl (C=O) groups excluding carboxylic acids is 1. The lowest BCUT2D eigenvalue weighted by molar-refractivity contribution is -0.129. The Morgan fingerprint density at radius 3 is 2.81 bits per heavy atom. The summed E-state index contributed by atoms with van der Waals surface area (Å²) in [6.07, 6.45) is 1.37.